The summed E-state index contributed by atoms with van der Waals surface area (Å²) in [7, 11) is 1.69. The quantitative estimate of drug-likeness (QED) is 0.882. The van der Waals surface area contributed by atoms with Gasteiger partial charge in [0.15, 0.2) is 0 Å². The number of H-pyrrole nitrogens is 1. The second-order valence-electron chi connectivity index (χ2n) is 3.99. The lowest BCUT2D eigenvalue weighted by atomic mass is 10.1. The van der Waals surface area contributed by atoms with E-state index < -0.39 is 0 Å². The smallest absolute Gasteiger partial charge is 0.227 e. The van der Waals surface area contributed by atoms with Crippen LogP contribution < -0.4 is 0 Å². The van der Waals surface area contributed by atoms with Gasteiger partial charge in [0.1, 0.15) is 18.0 Å². The van der Waals surface area contributed by atoms with Gasteiger partial charge in [-0.3, -0.25) is 9.89 Å². The minimum atomic E-state index is -0.304. The largest absolute Gasteiger partial charge is 0.338 e. The SMILES string of the molecule is CN(Cc1ncn[nH]1)C(=O)Cc1ccc(F)cc1. The normalized spacial score (nSPS) is 10.3. The van der Waals surface area contributed by atoms with Crippen molar-refractivity contribution < 1.29 is 9.18 Å². The summed E-state index contributed by atoms with van der Waals surface area (Å²) in [5, 5.41) is 6.40. The molecule has 0 spiro atoms. The van der Waals surface area contributed by atoms with Crippen molar-refractivity contribution in [3.05, 3.63) is 47.8 Å². The third-order valence-electron chi connectivity index (χ3n) is 2.55. The van der Waals surface area contributed by atoms with Gasteiger partial charge in [-0.25, -0.2) is 9.37 Å². The van der Waals surface area contributed by atoms with Crippen molar-refractivity contribution in [2.24, 2.45) is 0 Å². The van der Waals surface area contributed by atoms with Crippen LogP contribution in [0.15, 0.2) is 30.6 Å². The molecule has 1 aromatic carbocycles. The van der Waals surface area contributed by atoms with E-state index in [9.17, 15) is 9.18 Å². The number of nitrogens with zero attached hydrogens (tertiary/aromatic N) is 3. The van der Waals surface area contributed by atoms with Gasteiger partial charge >= 0.3 is 0 Å². The van der Waals surface area contributed by atoms with Gasteiger partial charge in [0.05, 0.1) is 13.0 Å². The molecule has 0 aliphatic rings. The number of halogens is 1. The van der Waals surface area contributed by atoms with Crippen molar-refractivity contribution in [3.63, 3.8) is 0 Å². The summed E-state index contributed by atoms with van der Waals surface area (Å²) in [6.07, 6.45) is 1.64. The van der Waals surface area contributed by atoms with Crippen LogP contribution in [0.25, 0.3) is 0 Å². The first-order chi connectivity index (χ1) is 8.65. The summed E-state index contributed by atoms with van der Waals surface area (Å²) in [4.78, 5) is 17.4. The Labute approximate surface area is 104 Å². The van der Waals surface area contributed by atoms with Crippen LogP contribution in [0.4, 0.5) is 4.39 Å². The fourth-order valence-corrected chi connectivity index (χ4v) is 1.53. The molecule has 1 N–H and O–H groups in total. The average molecular weight is 248 g/mol. The molecule has 2 rings (SSSR count). The number of aromatic nitrogens is 3. The highest BCUT2D eigenvalue weighted by Gasteiger charge is 2.11. The predicted octanol–water partition coefficient (Wildman–Crippen LogP) is 1.14. The molecule has 18 heavy (non-hydrogen) atoms. The Bertz CT molecular complexity index is 509. The second-order valence-corrected chi connectivity index (χ2v) is 3.99. The Hall–Kier alpha value is -2.24. The number of carbonyl (C=O) groups excluding carboxylic acids is 1. The molecule has 0 atom stereocenters. The Morgan fingerprint density at radius 3 is 2.72 bits per heavy atom. The molecule has 6 heteroatoms. The molecule has 1 aromatic heterocycles. The monoisotopic (exact) mass is 248 g/mol. The van der Waals surface area contributed by atoms with Crippen LogP contribution >= 0.6 is 0 Å². The number of benzene rings is 1. The van der Waals surface area contributed by atoms with Gasteiger partial charge in [-0.2, -0.15) is 5.10 Å². The lowest BCUT2D eigenvalue weighted by Gasteiger charge is -2.15. The first kappa shape index (κ1) is 12.2. The van der Waals surface area contributed by atoms with Crippen molar-refractivity contribution in [2.45, 2.75) is 13.0 Å². The second kappa shape index (κ2) is 5.39. The molecular weight excluding hydrogens is 235 g/mol. The van der Waals surface area contributed by atoms with Gasteiger partial charge in [0, 0.05) is 7.05 Å². The zero-order chi connectivity index (χ0) is 13.0. The molecule has 94 valence electrons. The predicted molar refractivity (Wildman–Crippen MR) is 63.0 cm³/mol. The van der Waals surface area contributed by atoms with Crippen molar-refractivity contribution >= 4 is 5.91 Å². The van der Waals surface area contributed by atoms with E-state index in [0.717, 1.165) is 5.56 Å². The van der Waals surface area contributed by atoms with E-state index in [0.29, 0.717) is 12.4 Å². The molecule has 0 aliphatic heterocycles. The third kappa shape index (κ3) is 3.13. The highest BCUT2D eigenvalue weighted by Crippen LogP contribution is 2.06. The molecule has 0 radical (unpaired) electrons. The fraction of sp³-hybridized carbons (Fsp3) is 0.250. The summed E-state index contributed by atoms with van der Waals surface area (Å²) in [6, 6.07) is 5.91. The Morgan fingerprint density at radius 2 is 2.11 bits per heavy atom. The Morgan fingerprint density at radius 1 is 1.39 bits per heavy atom. The minimum Gasteiger partial charge on any atom is -0.338 e. The zero-order valence-corrected chi connectivity index (χ0v) is 9.93. The molecule has 1 heterocycles. The highest BCUT2D eigenvalue weighted by atomic mass is 19.1. The van der Waals surface area contributed by atoms with E-state index in [1.54, 1.807) is 24.1 Å². The molecule has 0 saturated heterocycles. The first-order valence-corrected chi connectivity index (χ1v) is 5.48. The van der Waals surface area contributed by atoms with Crippen LogP contribution in [0.2, 0.25) is 0 Å². The van der Waals surface area contributed by atoms with E-state index in [1.165, 1.54) is 18.5 Å². The molecule has 0 fully saturated rings. The van der Waals surface area contributed by atoms with Crippen molar-refractivity contribution in [1.29, 1.82) is 0 Å². The number of aromatic amines is 1. The van der Waals surface area contributed by atoms with Gasteiger partial charge in [-0.1, -0.05) is 12.1 Å². The van der Waals surface area contributed by atoms with Gasteiger partial charge in [-0.15, -0.1) is 0 Å². The highest BCUT2D eigenvalue weighted by molar-refractivity contribution is 5.78. The van der Waals surface area contributed by atoms with Crippen LogP contribution in [-0.2, 0) is 17.8 Å². The minimum absolute atomic E-state index is 0.0574. The van der Waals surface area contributed by atoms with Gasteiger partial charge in [0.25, 0.3) is 0 Å². The lowest BCUT2D eigenvalue weighted by Crippen LogP contribution is -2.28. The van der Waals surface area contributed by atoms with Crippen LogP contribution in [0.5, 0.6) is 0 Å². The molecule has 0 unspecified atom stereocenters. The van der Waals surface area contributed by atoms with Crippen molar-refractivity contribution in [1.82, 2.24) is 20.1 Å². The summed E-state index contributed by atoms with van der Waals surface area (Å²) in [6.45, 7) is 0.375. The summed E-state index contributed by atoms with van der Waals surface area (Å²) in [5.74, 6) is 0.268. The lowest BCUT2D eigenvalue weighted by molar-refractivity contribution is -0.129. The van der Waals surface area contributed by atoms with E-state index in [4.69, 9.17) is 0 Å². The van der Waals surface area contributed by atoms with E-state index >= 15 is 0 Å². The van der Waals surface area contributed by atoms with E-state index in [-0.39, 0.29) is 18.1 Å². The van der Waals surface area contributed by atoms with Crippen LogP contribution in [0.1, 0.15) is 11.4 Å². The first-order valence-electron chi connectivity index (χ1n) is 5.48. The summed E-state index contributed by atoms with van der Waals surface area (Å²) < 4.78 is 12.7. The Balaban J connectivity index is 1.93. The summed E-state index contributed by atoms with van der Waals surface area (Å²) >= 11 is 0. The van der Waals surface area contributed by atoms with Gasteiger partial charge < -0.3 is 4.90 Å². The molecule has 5 nitrogen and oxygen atoms in total. The van der Waals surface area contributed by atoms with Crippen LogP contribution in [0.3, 0.4) is 0 Å². The number of hydrogen-bond donors (Lipinski definition) is 1. The van der Waals surface area contributed by atoms with Gasteiger partial charge in [0.2, 0.25) is 5.91 Å². The number of likely N-dealkylation sites (N-methyl/N-ethyl adjacent to an activating group) is 1. The Kier molecular flexibility index (Phi) is 3.66. The van der Waals surface area contributed by atoms with Crippen molar-refractivity contribution in [3.8, 4) is 0 Å². The molecule has 2 aromatic rings. The number of hydrogen-bond acceptors (Lipinski definition) is 3. The summed E-state index contributed by atoms with van der Waals surface area (Å²) in [5.41, 5.74) is 0.783. The zero-order valence-electron chi connectivity index (χ0n) is 9.93. The maximum absolute atomic E-state index is 12.7. The number of rotatable bonds is 4. The van der Waals surface area contributed by atoms with E-state index in [1.807, 2.05) is 0 Å². The molecule has 0 saturated carbocycles. The molecular formula is C12H13FN4O. The molecule has 0 bridgehead atoms. The average Bonchev–Trinajstić information content (AvgIpc) is 2.85. The van der Waals surface area contributed by atoms with Gasteiger partial charge in [-0.05, 0) is 17.7 Å². The van der Waals surface area contributed by atoms with E-state index in [2.05, 4.69) is 15.2 Å². The standard InChI is InChI=1S/C12H13FN4O/c1-17(7-11-14-8-15-16-11)12(18)6-9-2-4-10(13)5-3-9/h2-5,8H,6-7H2,1H3,(H,14,15,16). The molecule has 1 amide bonds. The van der Waals surface area contributed by atoms with Crippen molar-refractivity contribution in [2.75, 3.05) is 7.05 Å². The third-order valence-corrected chi connectivity index (χ3v) is 2.55. The molecule has 0 aliphatic carbocycles. The number of amides is 1. The van der Waals surface area contributed by atoms with Crippen LogP contribution in [-0.4, -0.2) is 33.0 Å². The maximum Gasteiger partial charge on any atom is 0.227 e. The number of carbonyl (C=O) groups is 1. The topological polar surface area (TPSA) is 61.9 Å². The number of nitrogens with one attached hydrogen (secondary N) is 1. The van der Waals surface area contributed by atoms with Crippen LogP contribution in [0, 0.1) is 5.82 Å². The maximum atomic E-state index is 12.7. The fourth-order valence-electron chi connectivity index (χ4n) is 1.53.